The summed E-state index contributed by atoms with van der Waals surface area (Å²) in [4.78, 5) is 0. The number of fused-ring (bicyclic) bond motifs is 3. The molecule has 1 saturated heterocycles. The van der Waals surface area contributed by atoms with Crippen LogP contribution in [0, 0.1) is 0 Å². The SMILES string of the molecule is O=S1CCCNC2c3ccccc3CC21. The third-order valence-electron chi connectivity index (χ3n) is 3.41. The molecule has 1 aromatic carbocycles. The minimum Gasteiger partial charge on any atom is -0.309 e. The van der Waals surface area contributed by atoms with E-state index in [2.05, 4.69) is 29.6 Å². The maximum absolute atomic E-state index is 12.0. The van der Waals surface area contributed by atoms with Crippen LogP contribution >= 0.6 is 0 Å². The molecule has 15 heavy (non-hydrogen) atoms. The summed E-state index contributed by atoms with van der Waals surface area (Å²) in [6, 6.07) is 8.84. The number of benzene rings is 1. The first-order chi connectivity index (χ1) is 7.36. The van der Waals surface area contributed by atoms with Crippen molar-refractivity contribution in [3.8, 4) is 0 Å². The second kappa shape index (κ2) is 3.72. The van der Waals surface area contributed by atoms with Crippen molar-refractivity contribution in [2.45, 2.75) is 24.1 Å². The highest BCUT2D eigenvalue weighted by Crippen LogP contribution is 2.35. The van der Waals surface area contributed by atoms with Crippen LogP contribution in [0.3, 0.4) is 0 Å². The smallest absolute Gasteiger partial charge is 0.0583 e. The van der Waals surface area contributed by atoms with Crippen molar-refractivity contribution in [2.24, 2.45) is 0 Å². The van der Waals surface area contributed by atoms with E-state index < -0.39 is 10.8 Å². The molecule has 3 unspecified atom stereocenters. The second-order valence-corrected chi connectivity index (χ2v) is 6.09. The topological polar surface area (TPSA) is 29.1 Å². The predicted octanol–water partition coefficient (Wildman–Crippen LogP) is 1.39. The van der Waals surface area contributed by atoms with Crippen LogP contribution in [-0.2, 0) is 17.2 Å². The van der Waals surface area contributed by atoms with Gasteiger partial charge in [-0.05, 0) is 30.5 Å². The van der Waals surface area contributed by atoms with Crippen LogP contribution in [-0.4, -0.2) is 21.8 Å². The Bertz CT molecular complexity index is 404. The van der Waals surface area contributed by atoms with Crippen LogP contribution in [0.4, 0.5) is 0 Å². The maximum Gasteiger partial charge on any atom is 0.0583 e. The molecule has 1 N–H and O–H groups in total. The lowest BCUT2D eigenvalue weighted by Gasteiger charge is -2.17. The van der Waals surface area contributed by atoms with Crippen molar-refractivity contribution in [3.63, 3.8) is 0 Å². The van der Waals surface area contributed by atoms with Gasteiger partial charge in [0.1, 0.15) is 0 Å². The zero-order valence-corrected chi connectivity index (χ0v) is 9.43. The number of hydrogen-bond acceptors (Lipinski definition) is 2. The van der Waals surface area contributed by atoms with Crippen LogP contribution in [0.1, 0.15) is 23.6 Å². The Morgan fingerprint density at radius 3 is 3.13 bits per heavy atom. The average Bonchev–Trinajstić information content (AvgIpc) is 2.54. The molecule has 3 rings (SSSR count). The molecule has 2 nitrogen and oxygen atoms in total. The highest BCUT2D eigenvalue weighted by atomic mass is 32.2. The van der Waals surface area contributed by atoms with Crippen LogP contribution in [0.5, 0.6) is 0 Å². The van der Waals surface area contributed by atoms with Crippen molar-refractivity contribution in [2.75, 3.05) is 12.3 Å². The lowest BCUT2D eigenvalue weighted by atomic mass is 10.1. The fraction of sp³-hybridized carbons (Fsp3) is 0.500. The third kappa shape index (κ3) is 1.54. The quantitative estimate of drug-likeness (QED) is 0.717. The summed E-state index contributed by atoms with van der Waals surface area (Å²) in [5.74, 6) is 0.863. The zero-order chi connectivity index (χ0) is 10.3. The van der Waals surface area contributed by atoms with Crippen molar-refractivity contribution in [3.05, 3.63) is 35.4 Å². The van der Waals surface area contributed by atoms with Crippen LogP contribution < -0.4 is 5.32 Å². The molecule has 1 heterocycles. The molecule has 3 heteroatoms. The molecule has 3 atom stereocenters. The fourth-order valence-corrected chi connectivity index (χ4v) is 4.31. The third-order valence-corrected chi connectivity index (χ3v) is 5.21. The van der Waals surface area contributed by atoms with E-state index in [1.54, 1.807) is 0 Å². The van der Waals surface area contributed by atoms with Gasteiger partial charge >= 0.3 is 0 Å². The summed E-state index contributed by atoms with van der Waals surface area (Å²) < 4.78 is 12.0. The average molecular weight is 221 g/mol. The van der Waals surface area contributed by atoms with E-state index in [-0.39, 0.29) is 0 Å². The van der Waals surface area contributed by atoms with Crippen LogP contribution in [0.2, 0.25) is 0 Å². The van der Waals surface area contributed by atoms with E-state index in [4.69, 9.17) is 0 Å². The van der Waals surface area contributed by atoms with Gasteiger partial charge in [-0.15, -0.1) is 0 Å². The van der Waals surface area contributed by atoms with Gasteiger partial charge in [-0.2, -0.15) is 0 Å². The zero-order valence-electron chi connectivity index (χ0n) is 8.61. The predicted molar refractivity (Wildman–Crippen MR) is 62.3 cm³/mol. The van der Waals surface area contributed by atoms with Gasteiger partial charge in [-0.1, -0.05) is 24.3 Å². The highest BCUT2D eigenvalue weighted by Gasteiger charge is 2.36. The standard InChI is InChI=1S/C12H15NOS/c14-15-7-3-6-13-12-10-5-2-1-4-9(10)8-11(12)15/h1-2,4-5,11-13H,3,6-8H2. The first kappa shape index (κ1) is 9.55. The summed E-state index contributed by atoms with van der Waals surface area (Å²) in [5.41, 5.74) is 2.76. The minimum atomic E-state index is -0.652. The Balaban J connectivity index is 2.01. The number of nitrogens with one attached hydrogen (secondary N) is 1. The summed E-state index contributed by atoms with van der Waals surface area (Å²) in [6.45, 7) is 1.00. The molecule has 0 aromatic heterocycles. The molecule has 2 aliphatic rings. The van der Waals surface area contributed by atoms with Gasteiger partial charge < -0.3 is 5.32 Å². The van der Waals surface area contributed by atoms with E-state index in [0.29, 0.717) is 11.3 Å². The molecule has 1 aromatic rings. The molecule has 0 saturated carbocycles. The van der Waals surface area contributed by atoms with Crippen LogP contribution in [0.15, 0.2) is 24.3 Å². The summed E-state index contributed by atoms with van der Waals surface area (Å²) in [7, 11) is -0.652. The van der Waals surface area contributed by atoms with Gasteiger partial charge in [0.25, 0.3) is 0 Å². The Morgan fingerprint density at radius 2 is 2.20 bits per heavy atom. The van der Waals surface area contributed by atoms with E-state index >= 15 is 0 Å². The van der Waals surface area contributed by atoms with Gasteiger partial charge in [-0.25, -0.2) is 0 Å². The van der Waals surface area contributed by atoms with Crippen molar-refractivity contribution < 1.29 is 4.21 Å². The second-order valence-electron chi connectivity index (χ2n) is 4.31. The Labute approximate surface area is 92.5 Å². The largest absolute Gasteiger partial charge is 0.309 e. The molecule has 0 amide bonds. The van der Waals surface area contributed by atoms with Gasteiger partial charge in [-0.3, -0.25) is 4.21 Å². The molecular weight excluding hydrogens is 206 g/mol. The molecule has 0 spiro atoms. The van der Waals surface area contributed by atoms with Gasteiger partial charge in [0.15, 0.2) is 0 Å². The minimum absolute atomic E-state index is 0.310. The van der Waals surface area contributed by atoms with E-state index in [1.165, 1.54) is 11.1 Å². The molecule has 1 aliphatic carbocycles. The van der Waals surface area contributed by atoms with Gasteiger partial charge in [0.2, 0.25) is 0 Å². The van der Waals surface area contributed by atoms with Crippen molar-refractivity contribution >= 4 is 10.8 Å². The Morgan fingerprint density at radius 1 is 1.33 bits per heavy atom. The molecule has 0 radical (unpaired) electrons. The number of hydrogen-bond donors (Lipinski definition) is 1. The summed E-state index contributed by atoms with van der Waals surface area (Å²) in [6.07, 6.45) is 2.03. The molecule has 1 fully saturated rings. The fourth-order valence-electron chi connectivity index (χ4n) is 2.67. The molecule has 80 valence electrons. The van der Waals surface area contributed by atoms with Crippen molar-refractivity contribution in [1.82, 2.24) is 5.32 Å². The lowest BCUT2D eigenvalue weighted by molar-refractivity contribution is 0.546. The van der Waals surface area contributed by atoms with Gasteiger partial charge in [0.05, 0.1) is 5.25 Å². The highest BCUT2D eigenvalue weighted by molar-refractivity contribution is 7.85. The van der Waals surface area contributed by atoms with E-state index in [0.717, 1.165) is 25.1 Å². The molecule has 0 bridgehead atoms. The van der Waals surface area contributed by atoms with E-state index in [9.17, 15) is 4.21 Å². The Kier molecular flexibility index (Phi) is 2.37. The first-order valence-electron chi connectivity index (χ1n) is 5.54. The summed E-state index contributed by atoms with van der Waals surface area (Å²) in [5, 5.41) is 3.85. The van der Waals surface area contributed by atoms with Crippen molar-refractivity contribution in [1.29, 1.82) is 0 Å². The number of rotatable bonds is 0. The Hall–Kier alpha value is -0.670. The normalized spacial score (nSPS) is 34.3. The summed E-state index contributed by atoms with van der Waals surface area (Å²) >= 11 is 0. The van der Waals surface area contributed by atoms with Gasteiger partial charge in [0, 0.05) is 22.6 Å². The molecular formula is C12H15NOS. The van der Waals surface area contributed by atoms with E-state index in [1.807, 2.05) is 0 Å². The maximum atomic E-state index is 12.0. The first-order valence-corrected chi connectivity index (χ1v) is 6.93. The van der Waals surface area contributed by atoms with Crippen LogP contribution in [0.25, 0.3) is 0 Å². The molecule has 1 aliphatic heterocycles. The monoisotopic (exact) mass is 221 g/mol. The lowest BCUT2D eigenvalue weighted by Crippen LogP contribution is -2.29.